The number of nitrogens with one attached hydrogen (secondary N) is 4. The molecule has 0 radical (unpaired) electrons. The number of fused-ring (bicyclic) bond motifs is 2. The van der Waals surface area contributed by atoms with E-state index in [1.807, 2.05) is 20.0 Å². The molecule has 0 bridgehead atoms. The first-order valence-corrected chi connectivity index (χ1v) is 13.3. The number of rotatable bonds is 7. The monoisotopic (exact) mass is 529 g/mol. The normalized spacial score (nSPS) is 25.2. The molecular formula is C27H26BClFN7O. The van der Waals surface area contributed by atoms with Gasteiger partial charge in [0.1, 0.15) is 19.7 Å². The molecule has 3 heterocycles. The Morgan fingerprint density at radius 3 is 2.68 bits per heavy atom. The molecule has 7 rings (SSSR count). The lowest BCUT2D eigenvalue weighted by molar-refractivity contribution is 0.162. The van der Waals surface area contributed by atoms with Crippen LogP contribution in [0.3, 0.4) is 0 Å². The highest BCUT2D eigenvalue weighted by atomic mass is 35.5. The number of hydrogen-bond acceptors (Lipinski definition) is 8. The quantitative estimate of drug-likeness (QED) is 0.347. The van der Waals surface area contributed by atoms with Gasteiger partial charge in [0.2, 0.25) is 0 Å². The lowest BCUT2D eigenvalue weighted by atomic mass is 9.69. The molecule has 4 atom stereocenters. The summed E-state index contributed by atoms with van der Waals surface area (Å²) in [6.07, 6.45) is 5.91. The zero-order chi connectivity index (χ0) is 26.0. The third-order valence-electron chi connectivity index (χ3n) is 8.19. The van der Waals surface area contributed by atoms with Crippen LogP contribution in [0.1, 0.15) is 24.0 Å². The van der Waals surface area contributed by atoms with Crippen LogP contribution in [0.25, 0.3) is 10.9 Å². The fourth-order valence-corrected chi connectivity index (χ4v) is 5.96. The Bertz CT molecular complexity index is 1500. The van der Waals surface area contributed by atoms with E-state index < -0.39 is 5.44 Å². The van der Waals surface area contributed by atoms with E-state index in [2.05, 4.69) is 43.9 Å². The van der Waals surface area contributed by atoms with Crippen molar-refractivity contribution in [1.29, 1.82) is 5.26 Å². The van der Waals surface area contributed by atoms with Crippen molar-refractivity contribution in [3.63, 3.8) is 0 Å². The third-order valence-corrected chi connectivity index (χ3v) is 8.48. The van der Waals surface area contributed by atoms with E-state index in [1.165, 1.54) is 12.1 Å². The van der Waals surface area contributed by atoms with E-state index in [1.54, 1.807) is 18.3 Å². The summed E-state index contributed by atoms with van der Waals surface area (Å²) < 4.78 is 19.4. The van der Waals surface area contributed by atoms with Crippen molar-refractivity contribution in [1.82, 2.24) is 21.0 Å². The maximum absolute atomic E-state index is 13.9. The molecule has 8 nitrogen and oxygen atoms in total. The Balaban J connectivity index is 1.30. The van der Waals surface area contributed by atoms with Crippen molar-refractivity contribution in [3.8, 4) is 6.07 Å². The van der Waals surface area contributed by atoms with Crippen LogP contribution in [0.5, 0.6) is 0 Å². The molecule has 0 amide bonds. The maximum Gasteiger partial charge on any atom is 0.148 e. The van der Waals surface area contributed by atoms with Crippen molar-refractivity contribution in [2.75, 3.05) is 23.8 Å². The Kier molecular flexibility index (Phi) is 5.44. The lowest BCUT2D eigenvalue weighted by Crippen LogP contribution is -2.45. The number of anilines is 2. The fourth-order valence-electron chi connectivity index (χ4n) is 5.69. The van der Waals surface area contributed by atoms with Crippen LogP contribution in [0.4, 0.5) is 15.8 Å². The van der Waals surface area contributed by atoms with Gasteiger partial charge < -0.3 is 20.8 Å². The number of hydrogen-bond donors (Lipinski definition) is 4. The highest BCUT2D eigenvalue weighted by Gasteiger charge is 2.54. The summed E-state index contributed by atoms with van der Waals surface area (Å²) in [4.78, 5) is 4.50. The summed E-state index contributed by atoms with van der Waals surface area (Å²) in [6.45, 7) is 1.48. The molecule has 0 spiro atoms. The van der Waals surface area contributed by atoms with Gasteiger partial charge in [-0.2, -0.15) is 5.26 Å². The van der Waals surface area contributed by atoms with Gasteiger partial charge in [-0.25, -0.2) is 4.39 Å². The average Bonchev–Trinajstić information content (AvgIpc) is 3.73. The summed E-state index contributed by atoms with van der Waals surface area (Å²) in [5.41, 5.74) is 10.2. The topological polar surface area (TPSA) is 97.3 Å². The van der Waals surface area contributed by atoms with E-state index in [9.17, 15) is 9.65 Å². The number of benzene rings is 2. The van der Waals surface area contributed by atoms with Crippen LogP contribution in [0, 0.1) is 29.0 Å². The van der Waals surface area contributed by atoms with Gasteiger partial charge >= 0.3 is 0 Å². The minimum atomic E-state index is -0.750. The van der Waals surface area contributed by atoms with Crippen molar-refractivity contribution in [2.24, 2.45) is 11.8 Å². The molecular weight excluding hydrogens is 504 g/mol. The van der Waals surface area contributed by atoms with Gasteiger partial charge in [0.25, 0.3) is 0 Å². The number of ether oxygens (including phenoxy) is 1. The van der Waals surface area contributed by atoms with E-state index >= 15 is 0 Å². The predicted octanol–water partition coefficient (Wildman–Crippen LogP) is 3.18. The molecule has 2 aliphatic heterocycles. The summed E-state index contributed by atoms with van der Waals surface area (Å²) >= 11 is 6.77. The molecule has 4 N–H and O–H groups in total. The van der Waals surface area contributed by atoms with E-state index in [-0.39, 0.29) is 11.9 Å². The van der Waals surface area contributed by atoms with Crippen LogP contribution in [-0.4, -0.2) is 43.1 Å². The summed E-state index contributed by atoms with van der Waals surface area (Å²) in [5, 5.41) is 20.5. The van der Waals surface area contributed by atoms with Gasteiger partial charge in [-0.3, -0.25) is 9.99 Å². The lowest BCUT2D eigenvalue weighted by Gasteiger charge is -2.34. The second kappa shape index (κ2) is 8.77. The first-order valence-electron chi connectivity index (χ1n) is 12.9. The molecule has 1 aromatic heterocycles. The van der Waals surface area contributed by atoms with Crippen LogP contribution >= 0.6 is 11.6 Å². The van der Waals surface area contributed by atoms with Gasteiger partial charge in [0.15, 0.2) is 0 Å². The molecule has 2 aromatic carbocycles. The molecule has 2 saturated carbocycles. The highest BCUT2D eigenvalue weighted by molar-refractivity contribution is 6.36. The predicted molar refractivity (Wildman–Crippen MR) is 146 cm³/mol. The summed E-state index contributed by atoms with van der Waals surface area (Å²) in [5.74, 6) is 0.633. The van der Waals surface area contributed by atoms with Crippen molar-refractivity contribution in [3.05, 3.63) is 76.5 Å². The SMILES string of the molecule is BC(Nc1cc(Cl)c2ncc(C#N)c(NC3[C@H]4COC[C@@H]34)c2c1)(C1=CN(C2CC2)NN1)c1ccc(F)cc1. The first kappa shape index (κ1) is 23.6. The Morgan fingerprint density at radius 1 is 1.21 bits per heavy atom. The Morgan fingerprint density at radius 2 is 1.97 bits per heavy atom. The Hall–Kier alpha value is -3.52. The largest absolute Gasteiger partial charge is 0.381 e. The van der Waals surface area contributed by atoms with Crippen LogP contribution in [-0.2, 0) is 10.2 Å². The minimum Gasteiger partial charge on any atom is -0.381 e. The average molecular weight is 530 g/mol. The van der Waals surface area contributed by atoms with Gasteiger partial charge in [-0.15, -0.1) is 5.53 Å². The highest BCUT2D eigenvalue weighted by Crippen LogP contribution is 2.47. The van der Waals surface area contributed by atoms with Gasteiger partial charge in [0, 0.05) is 47.4 Å². The number of hydrazine groups is 2. The van der Waals surface area contributed by atoms with Crippen molar-refractivity contribution in [2.45, 2.75) is 30.4 Å². The fraction of sp³-hybridized carbons (Fsp3) is 0.333. The number of nitrogens with zero attached hydrogens (tertiary/aromatic N) is 3. The molecule has 1 saturated heterocycles. The van der Waals surface area contributed by atoms with E-state index in [0.717, 1.165) is 54.1 Å². The maximum atomic E-state index is 13.9. The second-order valence-electron chi connectivity index (χ2n) is 10.7. The molecule has 38 heavy (non-hydrogen) atoms. The van der Waals surface area contributed by atoms with Crippen molar-refractivity contribution >= 4 is 41.7 Å². The third kappa shape index (κ3) is 3.93. The molecule has 3 aromatic rings. The van der Waals surface area contributed by atoms with Crippen LogP contribution in [0.15, 0.2) is 54.5 Å². The van der Waals surface area contributed by atoms with Crippen LogP contribution in [0.2, 0.25) is 5.02 Å². The zero-order valence-corrected chi connectivity index (χ0v) is 21.5. The van der Waals surface area contributed by atoms with Gasteiger partial charge in [-0.05, 0) is 42.7 Å². The van der Waals surface area contributed by atoms with Crippen LogP contribution < -0.4 is 21.6 Å². The van der Waals surface area contributed by atoms with Gasteiger partial charge in [-0.1, -0.05) is 23.7 Å². The molecule has 4 aliphatic rings. The number of nitriles is 1. The van der Waals surface area contributed by atoms with Gasteiger partial charge in [0.05, 0.1) is 46.1 Å². The van der Waals surface area contributed by atoms with E-state index in [0.29, 0.717) is 34.0 Å². The number of aromatic nitrogens is 1. The minimum absolute atomic E-state index is 0.272. The van der Waals surface area contributed by atoms with E-state index in [4.69, 9.17) is 16.3 Å². The number of pyridine rings is 1. The standard InChI is InChI=1S/C27H26BClFN7O/c28-27(15-1-3-16(30)4-2-15,23-11-37(36-35-23)18-5-6-18)34-17-7-19-24(33-25-20-12-38-13-21(20)25)14(9-31)10-32-26(19)22(29)8-17/h1-4,7-8,10-11,18,20-21,25,34-36H,5-6,12-13,28H2,(H,32,33)/t20-,21+,25?,27?. The Labute approximate surface area is 225 Å². The summed E-state index contributed by atoms with van der Waals surface area (Å²) in [6, 6.07) is 13.3. The molecule has 2 unspecified atom stereocenters. The number of halogens is 2. The molecule has 3 fully saturated rings. The molecule has 192 valence electrons. The summed E-state index contributed by atoms with van der Waals surface area (Å²) in [7, 11) is 2.05. The zero-order valence-electron chi connectivity index (χ0n) is 20.8. The second-order valence-corrected chi connectivity index (χ2v) is 11.1. The van der Waals surface area contributed by atoms with Crippen molar-refractivity contribution < 1.29 is 9.13 Å². The first-order chi connectivity index (χ1) is 18.4. The molecule has 2 aliphatic carbocycles. The smallest absolute Gasteiger partial charge is 0.148 e. The molecule has 11 heteroatoms.